The first-order valence-corrected chi connectivity index (χ1v) is 14.1. The summed E-state index contributed by atoms with van der Waals surface area (Å²) in [4.78, 5) is 12.6. The molecule has 2 rings (SSSR count). The highest BCUT2D eigenvalue weighted by atomic mass is 32.2. The number of sulfonamides is 1. The van der Waals surface area contributed by atoms with E-state index >= 15 is 0 Å². The van der Waals surface area contributed by atoms with Crippen LogP contribution in [0.4, 0.5) is 0 Å². The van der Waals surface area contributed by atoms with E-state index in [0.29, 0.717) is 29.6 Å². The van der Waals surface area contributed by atoms with Crippen molar-refractivity contribution in [2.24, 2.45) is 0 Å². The van der Waals surface area contributed by atoms with Crippen molar-refractivity contribution in [1.82, 2.24) is 24.4 Å². The van der Waals surface area contributed by atoms with Gasteiger partial charge >= 0.3 is 0 Å². The van der Waals surface area contributed by atoms with Gasteiger partial charge in [0.2, 0.25) is 15.9 Å². The van der Waals surface area contributed by atoms with Crippen molar-refractivity contribution in [2.45, 2.75) is 82.9 Å². The van der Waals surface area contributed by atoms with Gasteiger partial charge in [-0.1, -0.05) is 58.0 Å². The lowest BCUT2D eigenvalue weighted by molar-refractivity contribution is -0.119. The number of nitrogens with one attached hydrogen (secondary N) is 1. The third-order valence-corrected chi connectivity index (χ3v) is 8.58. The summed E-state index contributed by atoms with van der Waals surface area (Å²) in [6.07, 6.45) is 2.80. The molecule has 33 heavy (non-hydrogen) atoms. The van der Waals surface area contributed by atoms with E-state index in [-0.39, 0.29) is 28.6 Å². The zero-order valence-corrected chi connectivity index (χ0v) is 22.2. The highest BCUT2D eigenvalue weighted by Gasteiger charge is 2.24. The second-order valence-corrected chi connectivity index (χ2v) is 11.0. The van der Waals surface area contributed by atoms with Gasteiger partial charge in [0.1, 0.15) is 0 Å². The van der Waals surface area contributed by atoms with Gasteiger partial charge in [-0.2, -0.15) is 4.31 Å². The zero-order valence-electron chi connectivity index (χ0n) is 20.5. The monoisotopic (exact) mass is 495 g/mol. The van der Waals surface area contributed by atoms with Gasteiger partial charge in [0.25, 0.3) is 0 Å². The zero-order chi connectivity index (χ0) is 24.6. The summed E-state index contributed by atoms with van der Waals surface area (Å²) in [6, 6.07) is 7.07. The van der Waals surface area contributed by atoms with E-state index in [1.54, 1.807) is 18.2 Å². The Hall–Kier alpha value is -1.91. The number of aromatic nitrogens is 3. The Kier molecular flexibility index (Phi) is 10.4. The Morgan fingerprint density at radius 1 is 1.15 bits per heavy atom. The first kappa shape index (κ1) is 27.3. The summed E-state index contributed by atoms with van der Waals surface area (Å²) < 4.78 is 29.4. The minimum Gasteiger partial charge on any atom is -0.353 e. The summed E-state index contributed by atoms with van der Waals surface area (Å²) in [5, 5.41) is 12.4. The van der Waals surface area contributed by atoms with Crippen molar-refractivity contribution in [3.63, 3.8) is 0 Å². The molecule has 0 spiro atoms. The predicted octanol–water partition coefficient (Wildman–Crippen LogP) is 4.34. The second kappa shape index (κ2) is 12.5. The van der Waals surface area contributed by atoms with Crippen LogP contribution >= 0.6 is 11.8 Å². The van der Waals surface area contributed by atoms with Crippen molar-refractivity contribution >= 4 is 27.7 Å². The van der Waals surface area contributed by atoms with Crippen LogP contribution in [0.2, 0.25) is 0 Å². The Balaban J connectivity index is 2.35. The molecule has 10 heteroatoms. The number of benzene rings is 1. The Bertz CT molecular complexity index is 1020. The molecule has 0 aliphatic rings. The van der Waals surface area contributed by atoms with Gasteiger partial charge in [0, 0.05) is 30.7 Å². The van der Waals surface area contributed by atoms with Crippen molar-refractivity contribution < 1.29 is 13.2 Å². The topological polar surface area (TPSA) is 97.2 Å². The van der Waals surface area contributed by atoms with Crippen LogP contribution < -0.4 is 5.32 Å². The van der Waals surface area contributed by atoms with E-state index < -0.39 is 10.0 Å². The van der Waals surface area contributed by atoms with Crippen LogP contribution in [0.25, 0.3) is 11.4 Å². The number of amides is 1. The summed E-state index contributed by atoms with van der Waals surface area (Å²) in [5.74, 6) is 0.815. The molecule has 1 N–H and O–H groups in total. The first-order valence-electron chi connectivity index (χ1n) is 11.7. The minimum absolute atomic E-state index is 0.0338. The molecule has 1 aromatic heterocycles. The summed E-state index contributed by atoms with van der Waals surface area (Å²) in [5.41, 5.74) is 0.684. The fourth-order valence-corrected chi connectivity index (χ4v) is 5.96. The van der Waals surface area contributed by atoms with E-state index in [4.69, 9.17) is 0 Å². The third kappa shape index (κ3) is 6.80. The Morgan fingerprint density at radius 3 is 2.45 bits per heavy atom. The maximum absolute atomic E-state index is 13.0. The number of carbonyl (C=O) groups excluding carboxylic acids is 1. The van der Waals surface area contributed by atoms with Gasteiger partial charge in [-0.25, -0.2) is 8.42 Å². The van der Waals surface area contributed by atoms with Crippen LogP contribution in [0.5, 0.6) is 0 Å². The molecule has 0 saturated carbocycles. The molecule has 8 nitrogen and oxygen atoms in total. The largest absolute Gasteiger partial charge is 0.353 e. The summed E-state index contributed by atoms with van der Waals surface area (Å²) in [7, 11) is -3.58. The van der Waals surface area contributed by atoms with Crippen LogP contribution in [-0.4, -0.2) is 58.3 Å². The number of nitrogens with zero attached hydrogens (tertiary/aromatic N) is 4. The van der Waals surface area contributed by atoms with Crippen molar-refractivity contribution in [2.75, 3.05) is 18.8 Å². The normalized spacial score (nSPS) is 13.8. The number of rotatable bonds is 13. The molecule has 0 bridgehead atoms. The van der Waals surface area contributed by atoms with Crippen LogP contribution in [0.3, 0.4) is 0 Å². The van der Waals surface area contributed by atoms with Gasteiger partial charge in [0.15, 0.2) is 11.0 Å². The van der Waals surface area contributed by atoms with Gasteiger partial charge in [-0.05, 0) is 38.8 Å². The molecule has 184 valence electrons. The van der Waals surface area contributed by atoms with Gasteiger partial charge in [-0.3, -0.25) is 9.36 Å². The molecule has 0 aliphatic heterocycles. The smallest absolute Gasteiger partial charge is 0.243 e. The number of hydrogen-bond acceptors (Lipinski definition) is 6. The maximum Gasteiger partial charge on any atom is 0.243 e. The maximum atomic E-state index is 13.0. The molecule has 0 radical (unpaired) electrons. The number of hydrogen-bond donors (Lipinski definition) is 1. The molecule has 1 amide bonds. The summed E-state index contributed by atoms with van der Waals surface area (Å²) in [6.45, 7) is 12.7. The highest BCUT2D eigenvalue weighted by molar-refractivity contribution is 7.99. The van der Waals surface area contributed by atoms with E-state index in [9.17, 15) is 13.2 Å². The number of carbonyl (C=O) groups is 1. The van der Waals surface area contributed by atoms with E-state index in [1.165, 1.54) is 16.1 Å². The van der Waals surface area contributed by atoms with Gasteiger partial charge < -0.3 is 5.32 Å². The van der Waals surface area contributed by atoms with Crippen LogP contribution in [0.1, 0.15) is 66.8 Å². The Morgan fingerprint density at radius 2 is 1.85 bits per heavy atom. The quantitative estimate of drug-likeness (QED) is 0.415. The van der Waals surface area contributed by atoms with Crippen LogP contribution in [-0.2, 0) is 14.8 Å². The highest BCUT2D eigenvalue weighted by Crippen LogP contribution is 2.30. The lowest BCUT2D eigenvalue weighted by atomic mass is 10.2. The fourth-order valence-electron chi connectivity index (χ4n) is 3.61. The molecule has 1 aromatic carbocycles. The lowest BCUT2D eigenvalue weighted by Gasteiger charge is -2.19. The van der Waals surface area contributed by atoms with E-state index in [0.717, 1.165) is 19.3 Å². The first-order chi connectivity index (χ1) is 15.7. The molecule has 2 unspecified atom stereocenters. The average Bonchev–Trinajstić information content (AvgIpc) is 3.22. The summed E-state index contributed by atoms with van der Waals surface area (Å²) >= 11 is 1.35. The third-order valence-electron chi connectivity index (χ3n) is 5.59. The van der Waals surface area contributed by atoms with Crippen molar-refractivity contribution in [1.29, 1.82) is 0 Å². The molecular formula is C23H37N5O3S2. The Labute approximate surface area is 202 Å². The molecule has 1 heterocycles. The molecule has 0 fully saturated rings. The minimum atomic E-state index is -3.58. The second-order valence-electron chi connectivity index (χ2n) is 8.10. The predicted molar refractivity (Wildman–Crippen MR) is 134 cm³/mol. The van der Waals surface area contributed by atoms with Crippen molar-refractivity contribution in [3.05, 3.63) is 24.3 Å². The molecule has 2 atom stereocenters. The van der Waals surface area contributed by atoms with E-state index in [1.807, 2.05) is 31.4 Å². The lowest BCUT2D eigenvalue weighted by Crippen LogP contribution is -2.33. The van der Waals surface area contributed by atoms with Crippen molar-refractivity contribution in [3.8, 4) is 11.4 Å². The van der Waals surface area contributed by atoms with E-state index in [2.05, 4.69) is 36.3 Å². The van der Waals surface area contributed by atoms with Gasteiger partial charge in [0.05, 0.1) is 10.6 Å². The number of thioether (sulfide) groups is 1. The molecular weight excluding hydrogens is 458 g/mol. The molecule has 0 saturated heterocycles. The molecule has 2 aromatic rings. The average molecular weight is 496 g/mol. The van der Waals surface area contributed by atoms with Crippen LogP contribution in [0, 0.1) is 0 Å². The SMILES string of the molecule is CCCC(C)NC(=O)CSc1nnc(-c2cccc(S(=O)(=O)N(CC)CC)c2)n1C(C)CC. The van der Waals surface area contributed by atoms with Crippen LogP contribution in [0.15, 0.2) is 34.3 Å². The van der Waals surface area contributed by atoms with Gasteiger partial charge in [-0.15, -0.1) is 10.2 Å². The standard InChI is InChI=1S/C23H37N5O3S2/c1-7-12-17(5)24-21(29)16-32-23-26-25-22(28(23)18(6)8-2)19-13-11-14-20(15-19)33(30,31)27(9-3)10-4/h11,13-15,17-18H,7-10,12,16H2,1-6H3,(H,24,29). The fraction of sp³-hybridized carbons (Fsp3) is 0.609. The molecule has 0 aliphatic carbocycles.